The molecule has 0 aromatic heterocycles. The molecular formula is C23H21ClN2O3S. The minimum atomic E-state index is -0.420. The molecule has 30 heavy (non-hydrogen) atoms. The lowest BCUT2D eigenvalue weighted by atomic mass is 10.0. The van der Waals surface area contributed by atoms with Crippen LogP contribution in [0.5, 0.6) is 5.75 Å². The average Bonchev–Trinajstić information content (AvgIpc) is 2.74. The Morgan fingerprint density at radius 2 is 1.70 bits per heavy atom. The summed E-state index contributed by atoms with van der Waals surface area (Å²) < 4.78 is 5.97. The number of nitrogens with zero attached hydrogens (tertiary/aromatic N) is 2. The topological polar surface area (TPSA) is 49.9 Å². The average molecular weight is 441 g/mol. The van der Waals surface area contributed by atoms with E-state index < -0.39 is 11.8 Å². The number of carbonyl (C=O) groups excluding carboxylic acids is 2. The van der Waals surface area contributed by atoms with Gasteiger partial charge < -0.3 is 4.74 Å². The van der Waals surface area contributed by atoms with Gasteiger partial charge in [-0.3, -0.25) is 19.4 Å². The van der Waals surface area contributed by atoms with Crippen LogP contribution in [0.1, 0.15) is 16.7 Å². The first-order valence-corrected chi connectivity index (χ1v) is 10.0. The third-order valence-electron chi connectivity index (χ3n) is 4.71. The third-order valence-corrected chi connectivity index (χ3v) is 5.51. The number of thiocarbonyl (C=S) groups is 1. The molecule has 1 aliphatic rings. The van der Waals surface area contributed by atoms with Gasteiger partial charge in [-0.25, -0.2) is 0 Å². The van der Waals surface area contributed by atoms with E-state index in [1.54, 1.807) is 26.2 Å². The zero-order chi connectivity index (χ0) is 21.8. The number of rotatable bonds is 6. The van der Waals surface area contributed by atoms with E-state index in [0.29, 0.717) is 23.8 Å². The number of halogens is 1. The van der Waals surface area contributed by atoms with E-state index in [2.05, 4.69) is 6.58 Å². The smallest absolute Gasteiger partial charge is 0.265 e. The molecule has 1 heterocycles. The van der Waals surface area contributed by atoms with Crippen LogP contribution < -0.4 is 4.74 Å². The standard InChI is InChI=1S/C23H21ClN2O3S/c1-4-5-17-12-16(13-19-21(27)25(2)23(30)26(3)22(19)28)8-11-20(17)29-14-15-6-9-18(24)10-7-15/h4,6-13H,1,5,14H2,2-3H3. The fourth-order valence-electron chi connectivity index (χ4n) is 3.03. The van der Waals surface area contributed by atoms with E-state index in [0.717, 1.165) is 16.7 Å². The van der Waals surface area contributed by atoms with Gasteiger partial charge in [0.1, 0.15) is 17.9 Å². The van der Waals surface area contributed by atoms with E-state index in [1.165, 1.54) is 9.80 Å². The van der Waals surface area contributed by atoms with Crippen LogP contribution in [-0.4, -0.2) is 40.8 Å². The van der Waals surface area contributed by atoms with Crippen LogP contribution in [0.4, 0.5) is 0 Å². The fourth-order valence-corrected chi connectivity index (χ4v) is 3.32. The van der Waals surface area contributed by atoms with E-state index in [-0.39, 0.29) is 10.7 Å². The molecule has 0 spiro atoms. The summed E-state index contributed by atoms with van der Waals surface area (Å²) in [6.07, 6.45) is 3.94. The van der Waals surface area contributed by atoms with Crippen molar-refractivity contribution in [3.63, 3.8) is 0 Å². The second kappa shape index (κ2) is 9.24. The highest BCUT2D eigenvalue weighted by Crippen LogP contribution is 2.25. The monoisotopic (exact) mass is 440 g/mol. The van der Waals surface area contributed by atoms with Crippen molar-refractivity contribution in [2.75, 3.05) is 14.1 Å². The maximum absolute atomic E-state index is 12.5. The minimum Gasteiger partial charge on any atom is -0.489 e. The number of likely N-dealkylation sites (N-methyl/N-ethyl adjacent to an activating group) is 2. The van der Waals surface area contributed by atoms with Gasteiger partial charge >= 0.3 is 0 Å². The van der Waals surface area contributed by atoms with Crippen molar-refractivity contribution in [3.8, 4) is 5.75 Å². The molecular weight excluding hydrogens is 420 g/mol. The molecule has 5 nitrogen and oxygen atoms in total. The Kier molecular flexibility index (Phi) is 6.70. The predicted octanol–water partition coefficient (Wildman–Crippen LogP) is 4.25. The van der Waals surface area contributed by atoms with E-state index in [1.807, 2.05) is 42.5 Å². The molecule has 0 unspecified atom stereocenters. The van der Waals surface area contributed by atoms with Gasteiger partial charge in [0.15, 0.2) is 5.11 Å². The van der Waals surface area contributed by atoms with Crippen molar-refractivity contribution in [1.82, 2.24) is 9.80 Å². The van der Waals surface area contributed by atoms with Gasteiger partial charge in [-0.1, -0.05) is 35.9 Å². The highest BCUT2D eigenvalue weighted by atomic mass is 35.5. The first-order chi connectivity index (χ1) is 14.3. The SMILES string of the molecule is C=CCc1cc(C=C2C(=O)N(C)C(=S)N(C)C2=O)ccc1OCc1ccc(Cl)cc1. The third kappa shape index (κ3) is 4.61. The molecule has 0 aliphatic carbocycles. The number of amides is 2. The van der Waals surface area contributed by atoms with Crippen LogP contribution in [-0.2, 0) is 22.6 Å². The van der Waals surface area contributed by atoms with Gasteiger partial charge in [-0.15, -0.1) is 6.58 Å². The molecule has 0 saturated carbocycles. The molecule has 0 N–H and O–H groups in total. The second-order valence-electron chi connectivity index (χ2n) is 6.84. The lowest BCUT2D eigenvalue weighted by Gasteiger charge is -2.31. The number of hydrogen-bond acceptors (Lipinski definition) is 4. The summed E-state index contributed by atoms with van der Waals surface area (Å²) in [5.41, 5.74) is 2.68. The molecule has 2 amide bonds. The first kappa shape index (κ1) is 21.7. The molecule has 7 heteroatoms. The first-order valence-electron chi connectivity index (χ1n) is 9.24. The summed E-state index contributed by atoms with van der Waals surface area (Å²) in [5, 5.41) is 0.854. The van der Waals surface area contributed by atoms with Crippen molar-refractivity contribution in [2.45, 2.75) is 13.0 Å². The van der Waals surface area contributed by atoms with Crippen LogP contribution in [0, 0.1) is 0 Å². The van der Waals surface area contributed by atoms with Crippen LogP contribution in [0.15, 0.2) is 60.7 Å². The van der Waals surface area contributed by atoms with Gasteiger partial charge in [-0.05, 0) is 65.7 Å². The molecule has 154 valence electrons. The predicted molar refractivity (Wildman–Crippen MR) is 122 cm³/mol. The van der Waals surface area contributed by atoms with Gasteiger partial charge in [-0.2, -0.15) is 0 Å². The zero-order valence-electron chi connectivity index (χ0n) is 16.7. The maximum atomic E-state index is 12.5. The molecule has 0 bridgehead atoms. The van der Waals surface area contributed by atoms with Crippen LogP contribution in [0.2, 0.25) is 5.02 Å². The maximum Gasteiger partial charge on any atom is 0.265 e. The normalized spacial score (nSPS) is 14.2. The minimum absolute atomic E-state index is 0.0629. The number of allylic oxidation sites excluding steroid dienone is 1. The molecule has 0 radical (unpaired) electrons. The van der Waals surface area contributed by atoms with Gasteiger partial charge in [0.05, 0.1) is 0 Å². The summed E-state index contributed by atoms with van der Waals surface area (Å²) in [6.45, 7) is 4.20. The molecule has 3 rings (SSSR count). The van der Waals surface area contributed by atoms with Crippen molar-refractivity contribution in [1.29, 1.82) is 0 Å². The number of hydrogen-bond donors (Lipinski definition) is 0. The zero-order valence-corrected chi connectivity index (χ0v) is 18.3. The van der Waals surface area contributed by atoms with Crippen LogP contribution in [0.25, 0.3) is 6.08 Å². The second-order valence-corrected chi connectivity index (χ2v) is 7.65. The Morgan fingerprint density at radius 3 is 2.30 bits per heavy atom. The van der Waals surface area contributed by atoms with Crippen LogP contribution >= 0.6 is 23.8 Å². The molecule has 2 aromatic rings. The molecule has 1 saturated heterocycles. The lowest BCUT2D eigenvalue weighted by molar-refractivity contribution is -0.132. The lowest BCUT2D eigenvalue weighted by Crippen LogP contribution is -2.52. The summed E-state index contributed by atoms with van der Waals surface area (Å²) in [5.74, 6) is -0.128. The molecule has 0 atom stereocenters. The van der Waals surface area contributed by atoms with Crippen molar-refractivity contribution < 1.29 is 14.3 Å². The molecule has 2 aromatic carbocycles. The van der Waals surface area contributed by atoms with Crippen molar-refractivity contribution in [3.05, 3.63) is 82.4 Å². The number of ether oxygens (including phenoxy) is 1. The van der Waals surface area contributed by atoms with Crippen molar-refractivity contribution >= 4 is 46.8 Å². The Bertz CT molecular complexity index is 1020. The molecule has 1 aliphatic heterocycles. The van der Waals surface area contributed by atoms with E-state index in [4.69, 9.17) is 28.6 Å². The highest BCUT2D eigenvalue weighted by molar-refractivity contribution is 7.80. The summed E-state index contributed by atoms with van der Waals surface area (Å²) >= 11 is 11.0. The summed E-state index contributed by atoms with van der Waals surface area (Å²) in [4.78, 5) is 27.6. The Morgan fingerprint density at radius 1 is 1.07 bits per heavy atom. The molecule has 1 fully saturated rings. The van der Waals surface area contributed by atoms with Gasteiger partial charge in [0.25, 0.3) is 11.8 Å². The Balaban J connectivity index is 1.87. The quantitative estimate of drug-likeness (QED) is 0.291. The number of benzene rings is 2. The number of carbonyl (C=O) groups is 2. The van der Waals surface area contributed by atoms with Crippen LogP contribution in [0.3, 0.4) is 0 Å². The van der Waals surface area contributed by atoms with E-state index in [9.17, 15) is 9.59 Å². The highest BCUT2D eigenvalue weighted by Gasteiger charge is 2.35. The Hall–Kier alpha value is -2.96. The van der Waals surface area contributed by atoms with Gasteiger partial charge in [0, 0.05) is 19.1 Å². The summed E-state index contributed by atoms with van der Waals surface area (Å²) in [6, 6.07) is 13.0. The summed E-state index contributed by atoms with van der Waals surface area (Å²) in [7, 11) is 3.11. The van der Waals surface area contributed by atoms with E-state index >= 15 is 0 Å². The fraction of sp³-hybridized carbons (Fsp3) is 0.174. The van der Waals surface area contributed by atoms with Gasteiger partial charge in [0.2, 0.25) is 0 Å². The largest absolute Gasteiger partial charge is 0.489 e. The van der Waals surface area contributed by atoms with Crippen molar-refractivity contribution in [2.24, 2.45) is 0 Å². The Labute approximate surface area is 186 Å².